The number of halogens is 2. The molecule has 3 rings (SSSR count). The van der Waals surface area contributed by atoms with Crippen LogP contribution in [-0.4, -0.2) is 15.9 Å². The van der Waals surface area contributed by atoms with Crippen molar-refractivity contribution in [1.82, 2.24) is 9.97 Å². The fraction of sp³-hybridized carbons (Fsp3) is 0.370. The average molecular weight is 467 g/mol. The molecule has 34 heavy (non-hydrogen) atoms. The van der Waals surface area contributed by atoms with Crippen molar-refractivity contribution in [2.75, 3.05) is 11.1 Å². The molecule has 1 fully saturated rings. The quantitative estimate of drug-likeness (QED) is 0.329. The first-order valence-electron chi connectivity index (χ1n) is 11.7. The maximum absolute atomic E-state index is 13.6. The Kier molecular flexibility index (Phi) is 9.08. The number of nitrogen functional groups attached to an aromatic ring is 1. The van der Waals surface area contributed by atoms with E-state index in [9.17, 15) is 13.6 Å². The lowest BCUT2D eigenvalue weighted by molar-refractivity contribution is -0.115. The zero-order valence-corrected chi connectivity index (χ0v) is 19.8. The maximum atomic E-state index is 13.6. The van der Waals surface area contributed by atoms with Gasteiger partial charge in [-0.25, -0.2) is 18.7 Å². The Labute approximate surface area is 199 Å². The van der Waals surface area contributed by atoms with Crippen molar-refractivity contribution in [2.45, 2.75) is 58.8 Å². The molecule has 1 aromatic heterocycles. The van der Waals surface area contributed by atoms with Gasteiger partial charge in [0, 0.05) is 17.7 Å². The van der Waals surface area contributed by atoms with Crippen molar-refractivity contribution < 1.29 is 13.6 Å². The van der Waals surface area contributed by atoms with Crippen molar-refractivity contribution in [3.05, 3.63) is 71.6 Å². The summed E-state index contributed by atoms with van der Waals surface area (Å²) in [6.07, 6.45) is 11.9. The van der Waals surface area contributed by atoms with Gasteiger partial charge in [-0.2, -0.15) is 0 Å². The van der Waals surface area contributed by atoms with Crippen molar-refractivity contribution in [3.8, 4) is 11.3 Å². The lowest BCUT2D eigenvalue weighted by Gasteiger charge is -2.22. The molecule has 5 nitrogen and oxygen atoms in total. The van der Waals surface area contributed by atoms with Crippen molar-refractivity contribution >= 4 is 17.4 Å². The lowest BCUT2D eigenvalue weighted by atomic mass is 9.86. The second-order valence-corrected chi connectivity index (χ2v) is 8.77. The van der Waals surface area contributed by atoms with Crippen molar-refractivity contribution in [2.24, 2.45) is 5.92 Å². The van der Waals surface area contributed by atoms with Crippen LogP contribution in [0.25, 0.3) is 11.3 Å². The Morgan fingerprint density at radius 1 is 1.12 bits per heavy atom. The minimum absolute atomic E-state index is 0.0332. The third-order valence-electron chi connectivity index (χ3n) is 5.95. The number of nitrogens with zero attached hydrogens (tertiary/aromatic N) is 2. The molecular weight excluding hydrogens is 434 g/mol. The zero-order chi connectivity index (χ0) is 24.5. The highest BCUT2D eigenvalue weighted by atomic mass is 19.2. The number of hydrogen-bond donors (Lipinski definition) is 2. The van der Waals surface area contributed by atoms with Crippen LogP contribution in [0.5, 0.6) is 0 Å². The van der Waals surface area contributed by atoms with E-state index in [-0.39, 0.29) is 12.3 Å². The van der Waals surface area contributed by atoms with E-state index in [1.165, 1.54) is 32.3 Å². The fourth-order valence-electron chi connectivity index (χ4n) is 4.05. The molecule has 1 saturated carbocycles. The molecule has 0 atom stereocenters. The Morgan fingerprint density at radius 3 is 2.50 bits per heavy atom. The van der Waals surface area contributed by atoms with Crippen LogP contribution in [0.4, 0.5) is 20.3 Å². The predicted octanol–water partition coefficient (Wildman–Crippen LogP) is 6.85. The molecule has 1 aromatic carbocycles. The Morgan fingerprint density at radius 2 is 1.82 bits per heavy atom. The smallest absolute Gasteiger partial charge is 0.229 e. The normalized spacial score (nSPS) is 15.9. The van der Waals surface area contributed by atoms with Gasteiger partial charge in [0.2, 0.25) is 5.91 Å². The van der Waals surface area contributed by atoms with E-state index < -0.39 is 11.7 Å². The summed E-state index contributed by atoms with van der Waals surface area (Å²) in [7, 11) is 0. The Balaban J connectivity index is 1.78. The van der Waals surface area contributed by atoms with Gasteiger partial charge in [-0.15, -0.1) is 0 Å². The molecule has 0 radical (unpaired) electrons. The topological polar surface area (TPSA) is 80.9 Å². The number of benzene rings is 1. The largest absolute Gasteiger partial charge is 0.399 e. The summed E-state index contributed by atoms with van der Waals surface area (Å²) < 4.78 is 26.8. The number of carbonyl (C=O) groups is 1. The van der Waals surface area contributed by atoms with Crippen molar-refractivity contribution in [1.29, 1.82) is 0 Å². The van der Waals surface area contributed by atoms with Gasteiger partial charge in [-0.05, 0) is 50.5 Å². The SMILES string of the molecule is C\C=C(F)/C(F)=C\C=C(/C)CC(=O)Nc1ncc(-c2ccc(N)cc2)nc1CC1CCCCC1. The number of nitrogens with two attached hydrogens (primary N) is 1. The highest BCUT2D eigenvalue weighted by molar-refractivity contribution is 5.92. The van der Waals surface area contributed by atoms with Gasteiger partial charge >= 0.3 is 0 Å². The summed E-state index contributed by atoms with van der Waals surface area (Å²) in [4.78, 5) is 22.0. The first kappa shape index (κ1) is 25.3. The van der Waals surface area contributed by atoms with Crippen LogP contribution in [-0.2, 0) is 11.2 Å². The number of nitrogens with one attached hydrogen (secondary N) is 1. The molecular formula is C27H32F2N4O. The Bertz CT molecular complexity index is 1080. The van der Waals surface area contributed by atoms with Crippen LogP contribution in [0.2, 0.25) is 0 Å². The van der Waals surface area contributed by atoms with Crippen LogP contribution < -0.4 is 11.1 Å². The van der Waals surface area contributed by atoms with Gasteiger partial charge in [0.15, 0.2) is 17.5 Å². The van der Waals surface area contributed by atoms with Crippen LogP contribution in [0.1, 0.15) is 58.1 Å². The van der Waals surface area contributed by atoms with E-state index in [4.69, 9.17) is 10.7 Å². The average Bonchev–Trinajstić information content (AvgIpc) is 2.84. The summed E-state index contributed by atoms with van der Waals surface area (Å²) in [6, 6.07) is 7.45. The number of rotatable bonds is 8. The summed E-state index contributed by atoms with van der Waals surface area (Å²) in [5.41, 5.74) is 9.47. The molecule has 0 aliphatic heterocycles. The monoisotopic (exact) mass is 466 g/mol. The highest BCUT2D eigenvalue weighted by Gasteiger charge is 2.19. The second kappa shape index (κ2) is 12.2. The molecule has 7 heteroatoms. The first-order chi connectivity index (χ1) is 16.4. The number of amides is 1. The molecule has 1 amide bonds. The molecule has 3 N–H and O–H groups in total. The highest BCUT2D eigenvalue weighted by Crippen LogP contribution is 2.29. The van der Waals surface area contributed by atoms with E-state index in [2.05, 4.69) is 10.3 Å². The standard InChI is InChI=1S/C27H32F2N4O/c1-3-22(28)23(29)14-9-18(2)15-26(34)33-27-24(16-19-7-5-4-6-8-19)32-25(17-31-27)20-10-12-21(30)13-11-20/h3,9-14,17,19H,4-8,15-16,30H2,1-2H3,(H,31,33,34)/b18-9+,22-3+,23-14+. The van der Waals surface area contributed by atoms with E-state index in [1.807, 2.05) is 24.3 Å². The van der Waals surface area contributed by atoms with Gasteiger partial charge in [-0.3, -0.25) is 4.79 Å². The molecule has 1 heterocycles. The fourth-order valence-corrected chi connectivity index (χ4v) is 4.05. The minimum atomic E-state index is -0.971. The summed E-state index contributed by atoms with van der Waals surface area (Å²) in [6.45, 7) is 3.10. The number of allylic oxidation sites excluding steroid dienone is 5. The van der Waals surface area contributed by atoms with E-state index >= 15 is 0 Å². The molecule has 180 valence electrons. The third kappa shape index (κ3) is 7.33. The number of aromatic nitrogens is 2. The zero-order valence-electron chi connectivity index (χ0n) is 19.8. The lowest BCUT2D eigenvalue weighted by Crippen LogP contribution is -2.18. The van der Waals surface area contributed by atoms with Crippen LogP contribution >= 0.6 is 0 Å². The van der Waals surface area contributed by atoms with E-state index in [0.29, 0.717) is 23.0 Å². The molecule has 1 aliphatic rings. The van der Waals surface area contributed by atoms with Gasteiger partial charge < -0.3 is 11.1 Å². The summed E-state index contributed by atoms with van der Waals surface area (Å²) >= 11 is 0. The second-order valence-electron chi connectivity index (χ2n) is 8.77. The van der Waals surface area contributed by atoms with E-state index in [1.54, 1.807) is 13.1 Å². The van der Waals surface area contributed by atoms with Gasteiger partial charge in [0.05, 0.1) is 17.6 Å². The molecule has 1 aliphatic carbocycles. The summed E-state index contributed by atoms with van der Waals surface area (Å²) in [5, 5.41) is 2.87. The van der Waals surface area contributed by atoms with Gasteiger partial charge in [0.1, 0.15) is 0 Å². The molecule has 0 bridgehead atoms. The molecule has 0 spiro atoms. The first-order valence-corrected chi connectivity index (χ1v) is 11.7. The summed E-state index contributed by atoms with van der Waals surface area (Å²) in [5.74, 6) is -1.23. The molecule has 2 aromatic rings. The third-order valence-corrected chi connectivity index (χ3v) is 5.95. The van der Waals surface area contributed by atoms with Crippen LogP contribution in [0, 0.1) is 5.92 Å². The van der Waals surface area contributed by atoms with Crippen molar-refractivity contribution in [3.63, 3.8) is 0 Å². The number of anilines is 2. The minimum Gasteiger partial charge on any atom is -0.399 e. The number of hydrogen-bond acceptors (Lipinski definition) is 4. The van der Waals surface area contributed by atoms with Crippen LogP contribution in [0.15, 0.2) is 65.9 Å². The molecule has 0 unspecified atom stereocenters. The predicted molar refractivity (Wildman–Crippen MR) is 133 cm³/mol. The van der Waals surface area contributed by atoms with Gasteiger partial charge in [0.25, 0.3) is 0 Å². The van der Waals surface area contributed by atoms with E-state index in [0.717, 1.165) is 48.4 Å². The maximum Gasteiger partial charge on any atom is 0.229 e. The number of carbonyl (C=O) groups excluding carboxylic acids is 1. The Hall–Kier alpha value is -3.35. The van der Waals surface area contributed by atoms with Crippen LogP contribution in [0.3, 0.4) is 0 Å². The molecule has 0 saturated heterocycles. The van der Waals surface area contributed by atoms with Gasteiger partial charge in [-0.1, -0.05) is 55.9 Å².